The van der Waals surface area contributed by atoms with Gasteiger partial charge in [0.05, 0.1) is 5.25 Å². The number of rotatable bonds is 6. The Bertz CT molecular complexity index is 740. The van der Waals surface area contributed by atoms with E-state index in [4.69, 9.17) is 0 Å². The summed E-state index contributed by atoms with van der Waals surface area (Å²) in [5, 5.41) is 15.4. The van der Waals surface area contributed by atoms with Crippen molar-refractivity contribution in [3.8, 4) is 0 Å². The van der Waals surface area contributed by atoms with Gasteiger partial charge in [-0.3, -0.25) is 4.79 Å². The maximum absolute atomic E-state index is 12.3. The van der Waals surface area contributed by atoms with Crippen LogP contribution in [0, 0.1) is 13.8 Å². The maximum Gasteiger partial charge on any atom is 0.233 e. The van der Waals surface area contributed by atoms with Crippen LogP contribution in [0.2, 0.25) is 0 Å². The number of nitrogens with one attached hydrogen (secondary N) is 2. The van der Waals surface area contributed by atoms with Gasteiger partial charge in [-0.15, -0.1) is 10.2 Å². The van der Waals surface area contributed by atoms with E-state index in [9.17, 15) is 4.79 Å². The highest BCUT2D eigenvalue weighted by molar-refractivity contribution is 8.02. The number of nitrogens with zero attached hydrogens (tertiary/aromatic N) is 2. The van der Waals surface area contributed by atoms with Crippen molar-refractivity contribution in [1.82, 2.24) is 15.5 Å². The van der Waals surface area contributed by atoms with E-state index in [1.807, 2.05) is 13.0 Å². The van der Waals surface area contributed by atoms with Crippen LogP contribution in [-0.4, -0.2) is 27.4 Å². The van der Waals surface area contributed by atoms with E-state index in [0.717, 1.165) is 28.0 Å². The number of hydrogen-bond acceptors (Lipinski definition) is 6. The first-order chi connectivity index (χ1) is 12.0. The second kappa shape index (κ2) is 8.19. The Balaban J connectivity index is 1.55. The predicted octanol–water partition coefficient (Wildman–Crippen LogP) is 4.44. The van der Waals surface area contributed by atoms with Gasteiger partial charge in [-0.05, 0) is 56.9 Å². The average Bonchev–Trinajstić information content (AvgIpc) is 3.23. The third-order valence-electron chi connectivity index (χ3n) is 4.51. The molecule has 2 aromatic rings. The molecule has 2 N–H and O–H groups in total. The molecule has 1 aromatic carbocycles. The first kappa shape index (κ1) is 18.2. The van der Waals surface area contributed by atoms with Gasteiger partial charge >= 0.3 is 0 Å². The highest BCUT2D eigenvalue weighted by Gasteiger charge is 2.22. The second-order valence-electron chi connectivity index (χ2n) is 6.55. The summed E-state index contributed by atoms with van der Waals surface area (Å²) in [7, 11) is 0. The molecule has 0 saturated heterocycles. The standard InChI is InChI=1S/C18H24N4OS2/c1-11-8-9-15(10-12(11)2)20-17-21-22-18(25-17)24-13(3)16(23)19-14-6-4-5-7-14/h8-10,13-14H,4-7H2,1-3H3,(H,19,23)(H,20,21)/t13-/m1/s1. The number of benzene rings is 1. The largest absolute Gasteiger partial charge is 0.352 e. The Kier molecular flexibility index (Phi) is 5.96. The van der Waals surface area contributed by atoms with Gasteiger partial charge in [-0.2, -0.15) is 0 Å². The van der Waals surface area contributed by atoms with Crippen LogP contribution in [0.25, 0.3) is 0 Å². The topological polar surface area (TPSA) is 66.9 Å². The summed E-state index contributed by atoms with van der Waals surface area (Å²) in [4.78, 5) is 12.3. The van der Waals surface area contributed by atoms with Crippen LogP contribution in [0.4, 0.5) is 10.8 Å². The average molecular weight is 377 g/mol. The lowest BCUT2D eigenvalue weighted by Crippen LogP contribution is -2.37. The SMILES string of the molecule is Cc1ccc(Nc2nnc(S[C@H](C)C(=O)NC3CCCC3)s2)cc1C. The third kappa shape index (κ3) is 4.95. The minimum Gasteiger partial charge on any atom is -0.352 e. The summed E-state index contributed by atoms with van der Waals surface area (Å²) in [5.41, 5.74) is 3.50. The summed E-state index contributed by atoms with van der Waals surface area (Å²) in [6.45, 7) is 6.11. The Morgan fingerprint density at radius 2 is 2.00 bits per heavy atom. The van der Waals surface area contributed by atoms with Crippen LogP contribution in [0.1, 0.15) is 43.7 Å². The fourth-order valence-corrected chi connectivity index (χ4v) is 4.77. The molecule has 5 nitrogen and oxygen atoms in total. The molecular formula is C18H24N4OS2. The summed E-state index contributed by atoms with van der Waals surface area (Å²) in [6, 6.07) is 6.58. The van der Waals surface area contributed by atoms with Crippen LogP contribution in [0.3, 0.4) is 0 Å². The minimum absolute atomic E-state index is 0.0933. The van der Waals surface area contributed by atoms with Crippen LogP contribution < -0.4 is 10.6 Å². The predicted molar refractivity (Wildman–Crippen MR) is 105 cm³/mol. The molecule has 0 radical (unpaired) electrons. The molecule has 1 atom stereocenters. The monoisotopic (exact) mass is 376 g/mol. The van der Waals surface area contributed by atoms with Gasteiger partial charge in [0.15, 0.2) is 4.34 Å². The molecule has 134 valence electrons. The molecule has 7 heteroatoms. The number of anilines is 2. The lowest BCUT2D eigenvalue weighted by Gasteiger charge is -2.15. The number of thioether (sulfide) groups is 1. The Morgan fingerprint density at radius 3 is 2.72 bits per heavy atom. The maximum atomic E-state index is 12.3. The first-order valence-corrected chi connectivity index (χ1v) is 10.4. The molecule has 3 rings (SSSR count). The molecule has 1 saturated carbocycles. The summed E-state index contributed by atoms with van der Waals surface area (Å²) in [5.74, 6) is 0.0933. The number of hydrogen-bond donors (Lipinski definition) is 2. The van der Waals surface area contributed by atoms with Gasteiger partial charge in [-0.25, -0.2) is 0 Å². The Morgan fingerprint density at radius 1 is 1.24 bits per heavy atom. The van der Waals surface area contributed by atoms with Gasteiger partial charge < -0.3 is 10.6 Å². The zero-order valence-corrected chi connectivity index (χ0v) is 16.5. The quantitative estimate of drug-likeness (QED) is 0.730. The van der Waals surface area contributed by atoms with E-state index in [2.05, 4.69) is 46.8 Å². The van der Waals surface area contributed by atoms with E-state index in [0.29, 0.717) is 6.04 Å². The summed E-state index contributed by atoms with van der Waals surface area (Å²) >= 11 is 2.94. The van der Waals surface area contributed by atoms with Crippen molar-refractivity contribution in [2.75, 3.05) is 5.32 Å². The highest BCUT2D eigenvalue weighted by Crippen LogP contribution is 2.31. The number of aromatic nitrogens is 2. The molecule has 0 spiro atoms. The highest BCUT2D eigenvalue weighted by atomic mass is 32.2. The van der Waals surface area contributed by atoms with Gasteiger partial charge in [0.2, 0.25) is 11.0 Å². The second-order valence-corrected chi connectivity index (χ2v) is 9.11. The van der Waals surface area contributed by atoms with E-state index >= 15 is 0 Å². The van der Waals surface area contributed by atoms with Crippen LogP contribution in [0.15, 0.2) is 22.5 Å². The zero-order valence-electron chi connectivity index (χ0n) is 14.8. The van der Waals surface area contributed by atoms with E-state index in [-0.39, 0.29) is 11.2 Å². The molecule has 1 aliphatic rings. The fraction of sp³-hybridized carbons (Fsp3) is 0.500. The van der Waals surface area contributed by atoms with Crippen LogP contribution >= 0.6 is 23.1 Å². The van der Waals surface area contributed by atoms with Crippen molar-refractivity contribution in [1.29, 1.82) is 0 Å². The van der Waals surface area contributed by atoms with E-state index in [1.165, 1.54) is 47.1 Å². The Hall–Kier alpha value is -1.60. The number of aryl methyl sites for hydroxylation is 2. The molecule has 1 amide bonds. The normalized spacial score (nSPS) is 16.0. The number of amides is 1. The van der Waals surface area contributed by atoms with Crippen molar-refractivity contribution >= 4 is 39.8 Å². The van der Waals surface area contributed by atoms with Gasteiger partial charge in [0, 0.05) is 11.7 Å². The smallest absolute Gasteiger partial charge is 0.233 e. The van der Waals surface area contributed by atoms with Crippen molar-refractivity contribution < 1.29 is 4.79 Å². The number of carbonyl (C=O) groups is 1. The minimum atomic E-state index is -0.164. The molecule has 1 fully saturated rings. The van der Waals surface area contributed by atoms with Gasteiger partial charge in [0.25, 0.3) is 0 Å². The molecule has 0 bridgehead atoms. The molecular weight excluding hydrogens is 352 g/mol. The molecule has 25 heavy (non-hydrogen) atoms. The first-order valence-electron chi connectivity index (χ1n) is 8.66. The fourth-order valence-electron chi connectivity index (χ4n) is 2.84. The van der Waals surface area contributed by atoms with Crippen LogP contribution in [0.5, 0.6) is 0 Å². The van der Waals surface area contributed by atoms with E-state index in [1.54, 1.807) is 0 Å². The molecule has 0 unspecified atom stereocenters. The lowest BCUT2D eigenvalue weighted by molar-refractivity contribution is -0.120. The van der Waals surface area contributed by atoms with E-state index < -0.39 is 0 Å². The lowest BCUT2D eigenvalue weighted by atomic mass is 10.1. The summed E-state index contributed by atoms with van der Waals surface area (Å²) < 4.78 is 0.806. The molecule has 0 aliphatic heterocycles. The van der Waals surface area contributed by atoms with Gasteiger partial charge in [0.1, 0.15) is 0 Å². The molecule has 1 aliphatic carbocycles. The van der Waals surface area contributed by atoms with Crippen molar-refractivity contribution in [3.63, 3.8) is 0 Å². The van der Waals surface area contributed by atoms with Crippen molar-refractivity contribution in [2.24, 2.45) is 0 Å². The van der Waals surface area contributed by atoms with Gasteiger partial charge in [-0.1, -0.05) is 42.0 Å². The Labute approximate surface area is 157 Å². The molecule has 1 aromatic heterocycles. The number of carbonyl (C=O) groups excluding carboxylic acids is 1. The van der Waals surface area contributed by atoms with Crippen molar-refractivity contribution in [2.45, 2.75) is 62.1 Å². The molecule has 1 heterocycles. The summed E-state index contributed by atoms with van der Waals surface area (Å²) in [6.07, 6.45) is 4.64. The van der Waals surface area contributed by atoms with Crippen LogP contribution in [-0.2, 0) is 4.79 Å². The zero-order chi connectivity index (χ0) is 17.8. The third-order valence-corrected chi connectivity index (χ3v) is 6.54. The van der Waals surface area contributed by atoms with Crippen molar-refractivity contribution in [3.05, 3.63) is 29.3 Å².